The second kappa shape index (κ2) is 8.61. The van der Waals surface area contributed by atoms with Crippen molar-refractivity contribution in [3.63, 3.8) is 0 Å². The molecule has 1 rings (SSSR count). The Labute approximate surface area is 125 Å². The van der Waals surface area contributed by atoms with Gasteiger partial charge in [-0.1, -0.05) is 32.9 Å². The van der Waals surface area contributed by atoms with Crippen molar-refractivity contribution in [2.24, 2.45) is 5.92 Å². The highest BCUT2D eigenvalue weighted by atomic mass is 16.5. The van der Waals surface area contributed by atoms with E-state index in [4.69, 9.17) is 4.52 Å². The maximum Gasteiger partial charge on any atom is 0.314 e. The number of carbonyl (C=O) groups is 1. The lowest BCUT2D eigenvalue weighted by Crippen LogP contribution is -2.40. The average Bonchev–Trinajstić information content (AvgIpc) is 2.84. The number of urea groups is 1. The Hall–Kier alpha value is -1.63. The molecule has 7 heteroatoms. The number of carbonyl (C=O) groups excluding carboxylic acids is 1. The monoisotopic (exact) mass is 298 g/mol. The van der Waals surface area contributed by atoms with E-state index >= 15 is 0 Å². The van der Waals surface area contributed by atoms with Crippen LogP contribution in [-0.4, -0.2) is 40.5 Å². The molecule has 0 radical (unpaired) electrons. The first-order chi connectivity index (χ1) is 9.88. The molecule has 120 valence electrons. The smallest absolute Gasteiger partial charge is 0.314 e. The molecule has 1 aromatic rings. The van der Waals surface area contributed by atoms with Gasteiger partial charge < -0.3 is 20.3 Å². The van der Waals surface area contributed by atoms with Gasteiger partial charge in [-0.3, -0.25) is 0 Å². The summed E-state index contributed by atoms with van der Waals surface area (Å²) < 4.78 is 5.08. The van der Waals surface area contributed by atoms with Crippen molar-refractivity contribution in [2.75, 3.05) is 13.1 Å². The van der Waals surface area contributed by atoms with Crippen LogP contribution in [0.25, 0.3) is 0 Å². The number of nitrogens with zero attached hydrogens (tertiary/aromatic N) is 2. The average molecular weight is 298 g/mol. The zero-order valence-electron chi connectivity index (χ0n) is 13.2. The quantitative estimate of drug-likeness (QED) is 0.674. The predicted octanol–water partition coefficient (Wildman–Crippen LogP) is 1.44. The summed E-state index contributed by atoms with van der Waals surface area (Å²) in [6, 6.07) is -0.304. The van der Waals surface area contributed by atoms with Crippen LogP contribution in [0.5, 0.6) is 0 Å². The third kappa shape index (κ3) is 7.08. The summed E-state index contributed by atoms with van der Waals surface area (Å²) in [5.41, 5.74) is 0. The maximum absolute atomic E-state index is 11.5. The summed E-state index contributed by atoms with van der Waals surface area (Å²) in [6.45, 7) is 8.69. The molecule has 0 bridgehead atoms. The van der Waals surface area contributed by atoms with Crippen LogP contribution in [0.15, 0.2) is 4.52 Å². The van der Waals surface area contributed by atoms with Gasteiger partial charge in [-0.15, -0.1) is 0 Å². The third-order valence-electron chi connectivity index (χ3n) is 2.87. The fourth-order valence-electron chi connectivity index (χ4n) is 1.79. The topological polar surface area (TPSA) is 100 Å². The van der Waals surface area contributed by atoms with Gasteiger partial charge in [-0.05, 0) is 12.3 Å². The maximum atomic E-state index is 11.5. The number of aromatic nitrogens is 2. The minimum Gasteiger partial charge on any atom is -0.391 e. The lowest BCUT2D eigenvalue weighted by molar-refractivity contribution is 0.147. The van der Waals surface area contributed by atoms with Crippen molar-refractivity contribution in [1.82, 2.24) is 20.8 Å². The van der Waals surface area contributed by atoms with Gasteiger partial charge in [0.2, 0.25) is 5.89 Å². The van der Waals surface area contributed by atoms with Gasteiger partial charge >= 0.3 is 6.03 Å². The van der Waals surface area contributed by atoms with E-state index in [2.05, 4.69) is 20.8 Å². The molecule has 0 aliphatic heterocycles. The molecule has 2 amide bonds. The molecule has 0 aliphatic rings. The van der Waals surface area contributed by atoms with E-state index in [0.29, 0.717) is 37.0 Å². The van der Waals surface area contributed by atoms with E-state index in [1.807, 2.05) is 27.7 Å². The normalized spacial score (nSPS) is 12.7. The van der Waals surface area contributed by atoms with Crippen LogP contribution in [0.2, 0.25) is 0 Å². The van der Waals surface area contributed by atoms with Gasteiger partial charge in [0, 0.05) is 25.4 Å². The summed E-state index contributed by atoms with van der Waals surface area (Å²) in [5.74, 6) is 1.81. The van der Waals surface area contributed by atoms with E-state index < -0.39 is 6.10 Å². The molecule has 1 atom stereocenters. The Morgan fingerprint density at radius 1 is 1.29 bits per heavy atom. The third-order valence-corrected chi connectivity index (χ3v) is 2.87. The van der Waals surface area contributed by atoms with Crippen LogP contribution in [0.3, 0.4) is 0 Å². The number of nitrogens with one attached hydrogen (secondary N) is 2. The van der Waals surface area contributed by atoms with Crippen molar-refractivity contribution in [1.29, 1.82) is 0 Å². The van der Waals surface area contributed by atoms with Crippen molar-refractivity contribution in [2.45, 2.75) is 52.6 Å². The number of aliphatic hydroxyl groups is 1. The van der Waals surface area contributed by atoms with E-state index in [1.54, 1.807) is 0 Å². The van der Waals surface area contributed by atoms with Crippen molar-refractivity contribution >= 4 is 6.03 Å². The first-order valence-electron chi connectivity index (χ1n) is 7.40. The number of amides is 2. The summed E-state index contributed by atoms with van der Waals surface area (Å²) in [7, 11) is 0. The number of hydrogen-bond donors (Lipinski definition) is 3. The second-order valence-electron chi connectivity index (χ2n) is 5.87. The summed E-state index contributed by atoms with van der Waals surface area (Å²) in [4.78, 5) is 15.8. The Kier molecular flexibility index (Phi) is 7.14. The molecule has 0 saturated carbocycles. The van der Waals surface area contributed by atoms with E-state index in [9.17, 15) is 9.90 Å². The van der Waals surface area contributed by atoms with E-state index in [0.717, 1.165) is 0 Å². The lowest BCUT2D eigenvalue weighted by atomic mass is 10.1. The molecule has 1 heterocycles. The van der Waals surface area contributed by atoms with E-state index in [-0.39, 0.29) is 18.5 Å². The number of aliphatic hydroxyl groups excluding tert-OH is 1. The van der Waals surface area contributed by atoms with Crippen molar-refractivity contribution < 1.29 is 14.4 Å². The van der Waals surface area contributed by atoms with E-state index in [1.165, 1.54) is 0 Å². The molecule has 0 fully saturated rings. The summed E-state index contributed by atoms with van der Waals surface area (Å²) in [5, 5.41) is 18.8. The minimum absolute atomic E-state index is 0.223. The fraction of sp³-hybridized carbons (Fsp3) is 0.786. The second-order valence-corrected chi connectivity index (χ2v) is 5.87. The van der Waals surface area contributed by atoms with Crippen LogP contribution < -0.4 is 10.6 Å². The molecule has 0 aliphatic carbocycles. The number of hydrogen-bond acceptors (Lipinski definition) is 5. The first-order valence-corrected chi connectivity index (χ1v) is 7.40. The summed E-state index contributed by atoms with van der Waals surface area (Å²) >= 11 is 0. The Balaban J connectivity index is 2.18. The fourth-order valence-corrected chi connectivity index (χ4v) is 1.79. The highest BCUT2D eigenvalue weighted by Gasteiger charge is 2.11. The molecule has 0 saturated heterocycles. The van der Waals surface area contributed by atoms with Crippen LogP contribution in [0.4, 0.5) is 4.79 Å². The van der Waals surface area contributed by atoms with Gasteiger partial charge in [-0.25, -0.2) is 4.79 Å². The zero-order valence-corrected chi connectivity index (χ0v) is 13.2. The molecule has 7 nitrogen and oxygen atoms in total. The van der Waals surface area contributed by atoms with Gasteiger partial charge in [0.25, 0.3) is 0 Å². The standard InChI is InChI=1S/C14H26N4O3/c1-9(2)7-11(19)8-16-14(20)15-6-5-12-17-13(10(3)4)18-21-12/h9-11,19H,5-8H2,1-4H3,(H2,15,16,20). The molecular formula is C14H26N4O3. The van der Waals surface area contributed by atoms with Crippen LogP contribution >= 0.6 is 0 Å². The highest BCUT2D eigenvalue weighted by Crippen LogP contribution is 2.09. The minimum atomic E-state index is -0.514. The molecule has 1 unspecified atom stereocenters. The van der Waals surface area contributed by atoms with Crippen LogP contribution in [0.1, 0.15) is 51.7 Å². The van der Waals surface area contributed by atoms with Crippen molar-refractivity contribution in [3.05, 3.63) is 11.7 Å². The lowest BCUT2D eigenvalue weighted by Gasteiger charge is -2.14. The zero-order chi connectivity index (χ0) is 15.8. The van der Waals surface area contributed by atoms with Gasteiger partial charge in [0.15, 0.2) is 5.82 Å². The highest BCUT2D eigenvalue weighted by molar-refractivity contribution is 5.73. The molecule has 0 spiro atoms. The largest absolute Gasteiger partial charge is 0.391 e. The Bertz CT molecular complexity index is 432. The summed E-state index contributed by atoms with van der Waals surface area (Å²) in [6.07, 6.45) is 0.641. The Morgan fingerprint density at radius 3 is 2.57 bits per heavy atom. The van der Waals surface area contributed by atoms with Crippen LogP contribution in [-0.2, 0) is 6.42 Å². The molecular weight excluding hydrogens is 272 g/mol. The Morgan fingerprint density at radius 2 is 2.00 bits per heavy atom. The molecule has 3 N–H and O–H groups in total. The number of rotatable bonds is 8. The molecule has 1 aromatic heterocycles. The SMILES string of the molecule is CC(C)CC(O)CNC(=O)NCCc1nc(C(C)C)no1. The van der Waals surface area contributed by atoms with Crippen molar-refractivity contribution in [3.8, 4) is 0 Å². The first kappa shape index (κ1) is 17.4. The van der Waals surface area contributed by atoms with Crippen LogP contribution in [0, 0.1) is 5.92 Å². The van der Waals surface area contributed by atoms with Gasteiger partial charge in [0.05, 0.1) is 6.10 Å². The molecule has 21 heavy (non-hydrogen) atoms. The molecule has 0 aromatic carbocycles. The predicted molar refractivity (Wildman–Crippen MR) is 79.0 cm³/mol. The van der Waals surface area contributed by atoms with Gasteiger partial charge in [-0.2, -0.15) is 4.98 Å². The van der Waals surface area contributed by atoms with Gasteiger partial charge in [0.1, 0.15) is 0 Å².